The molecular formula is C21H20ClN5O4. The van der Waals surface area contributed by atoms with E-state index in [1.54, 1.807) is 30.3 Å². The van der Waals surface area contributed by atoms with Crippen molar-refractivity contribution in [3.63, 3.8) is 0 Å². The summed E-state index contributed by atoms with van der Waals surface area (Å²) in [6.07, 6.45) is 0.851. The molecule has 0 bridgehead atoms. The number of halogens is 1. The third-order valence-electron chi connectivity index (χ3n) is 5.20. The molecule has 1 N–H and O–H groups in total. The van der Waals surface area contributed by atoms with Gasteiger partial charge in [-0.25, -0.2) is 4.90 Å². The van der Waals surface area contributed by atoms with Crippen molar-refractivity contribution in [3.8, 4) is 5.75 Å². The molecule has 1 fully saturated rings. The van der Waals surface area contributed by atoms with Gasteiger partial charge in [-0.15, -0.1) is 0 Å². The van der Waals surface area contributed by atoms with Gasteiger partial charge in [0.25, 0.3) is 11.8 Å². The van der Waals surface area contributed by atoms with Crippen molar-refractivity contribution in [3.05, 3.63) is 53.1 Å². The molecule has 0 aliphatic carbocycles. The van der Waals surface area contributed by atoms with E-state index >= 15 is 0 Å². The zero-order valence-electron chi connectivity index (χ0n) is 16.9. The van der Waals surface area contributed by atoms with Crippen LogP contribution >= 0.6 is 11.6 Å². The summed E-state index contributed by atoms with van der Waals surface area (Å²) >= 11 is 6.08. The maximum absolute atomic E-state index is 13.0. The average molecular weight is 442 g/mol. The van der Waals surface area contributed by atoms with Gasteiger partial charge in [0.15, 0.2) is 12.1 Å². The number of hydrogen-bond donors (Lipinski definition) is 1. The molecule has 0 spiro atoms. The Kier molecular flexibility index (Phi) is 5.60. The Balaban J connectivity index is 1.46. The van der Waals surface area contributed by atoms with E-state index in [9.17, 15) is 14.4 Å². The van der Waals surface area contributed by atoms with Crippen LogP contribution in [0.15, 0.2) is 52.8 Å². The van der Waals surface area contributed by atoms with E-state index in [4.69, 9.17) is 16.3 Å². The Labute approximate surface area is 183 Å². The molecule has 9 nitrogen and oxygen atoms in total. The summed E-state index contributed by atoms with van der Waals surface area (Å²) in [5, 5.41) is 12.1. The molecule has 0 radical (unpaired) electrons. The van der Waals surface area contributed by atoms with Crippen molar-refractivity contribution < 1.29 is 19.1 Å². The number of hydrogen-bond acceptors (Lipinski definition) is 7. The molecule has 0 unspecified atom stereocenters. The van der Waals surface area contributed by atoms with Crippen molar-refractivity contribution >= 4 is 40.7 Å². The Morgan fingerprint density at radius 1 is 1.16 bits per heavy atom. The summed E-state index contributed by atoms with van der Waals surface area (Å²) in [4.78, 5) is 39.4. The number of aryl methyl sites for hydroxylation is 1. The number of amides is 3. The van der Waals surface area contributed by atoms with Gasteiger partial charge in [0.1, 0.15) is 12.3 Å². The minimum absolute atomic E-state index is 0.240. The number of nitrogens with one attached hydrogen (secondary N) is 1. The smallest absolute Gasteiger partial charge is 0.263 e. The number of methoxy groups -OCH3 is 1. The number of carbonyl (C=O) groups excluding carboxylic acids is 3. The number of ether oxygens (including phenoxy) is 1. The maximum atomic E-state index is 13.0. The van der Waals surface area contributed by atoms with Gasteiger partial charge < -0.3 is 10.1 Å². The summed E-state index contributed by atoms with van der Waals surface area (Å²) < 4.78 is 5.09. The fraction of sp³-hybridized carbons (Fsp3) is 0.286. The molecule has 4 rings (SSSR count). The van der Waals surface area contributed by atoms with E-state index in [-0.39, 0.29) is 6.54 Å². The molecule has 2 heterocycles. The normalized spacial score (nSPS) is 19.7. The summed E-state index contributed by atoms with van der Waals surface area (Å²) in [6.45, 7) is 1.78. The highest BCUT2D eigenvalue weighted by Crippen LogP contribution is 2.32. The van der Waals surface area contributed by atoms with Crippen LogP contribution in [0.5, 0.6) is 5.75 Å². The lowest BCUT2D eigenvalue weighted by Crippen LogP contribution is -2.43. The van der Waals surface area contributed by atoms with Crippen molar-refractivity contribution in [2.75, 3.05) is 23.9 Å². The Morgan fingerprint density at radius 3 is 2.55 bits per heavy atom. The lowest BCUT2D eigenvalue weighted by atomic mass is 10.1. The number of anilines is 2. The van der Waals surface area contributed by atoms with Crippen LogP contribution in [0.4, 0.5) is 11.4 Å². The SMILES string of the molecule is CCc1ccc(N2C(=O)[C@@H]3[C@@H](N=NN3CC(=O)Nc3ccc(OC)c(Cl)c3)C2=O)cc1. The molecule has 2 aromatic carbocycles. The van der Waals surface area contributed by atoms with E-state index < -0.39 is 29.8 Å². The van der Waals surface area contributed by atoms with Crippen LogP contribution in [0, 0.1) is 0 Å². The molecule has 2 aliphatic heterocycles. The van der Waals surface area contributed by atoms with Gasteiger partial charge in [0.05, 0.1) is 17.8 Å². The average Bonchev–Trinajstić information content (AvgIpc) is 3.28. The Morgan fingerprint density at radius 2 is 1.90 bits per heavy atom. The van der Waals surface area contributed by atoms with E-state index in [0.29, 0.717) is 22.1 Å². The third-order valence-corrected chi connectivity index (χ3v) is 5.50. The van der Waals surface area contributed by atoms with Crippen LogP contribution in [-0.4, -0.2) is 48.5 Å². The first-order valence-corrected chi connectivity index (χ1v) is 10.1. The lowest BCUT2D eigenvalue weighted by Gasteiger charge is -2.20. The number of rotatable bonds is 6. The number of imide groups is 1. The molecule has 2 aliphatic rings. The van der Waals surface area contributed by atoms with Crippen LogP contribution < -0.4 is 15.0 Å². The zero-order valence-corrected chi connectivity index (χ0v) is 17.7. The van der Waals surface area contributed by atoms with Crippen molar-refractivity contribution in [1.82, 2.24) is 5.01 Å². The number of nitrogens with zero attached hydrogens (tertiary/aromatic N) is 4. The van der Waals surface area contributed by atoms with Crippen molar-refractivity contribution in [1.29, 1.82) is 0 Å². The predicted octanol–water partition coefficient (Wildman–Crippen LogP) is 2.84. The largest absolute Gasteiger partial charge is 0.495 e. The quantitative estimate of drug-likeness (QED) is 0.694. The van der Waals surface area contributed by atoms with E-state index in [2.05, 4.69) is 15.7 Å². The first kappa shape index (κ1) is 20.8. The molecule has 2 atom stereocenters. The maximum Gasteiger partial charge on any atom is 0.263 e. The van der Waals surface area contributed by atoms with Crippen LogP contribution in [0.2, 0.25) is 5.02 Å². The van der Waals surface area contributed by atoms with Gasteiger partial charge in [0, 0.05) is 5.69 Å². The fourth-order valence-electron chi connectivity index (χ4n) is 3.58. The van der Waals surface area contributed by atoms with Gasteiger partial charge in [-0.1, -0.05) is 35.9 Å². The van der Waals surface area contributed by atoms with Crippen molar-refractivity contribution in [2.45, 2.75) is 25.4 Å². The Hall–Kier alpha value is -3.46. The van der Waals surface area contributed by atoms with E-state index in [1.807, 2.05) is 19.1 Å². The lowest BCUT2D eigenvalue weighted by molar-refractivity contribution is -0.123. The summed E-state index contributed by atoms with van der Waals surface area (Å²) in [5.74, 6) is -0.845. The molecule has 0 saturated carbocycles. The van der Waals surface area contributed by atoms with Crippen LogP contribution in [0.25, 0.3) is 0 Å². The molecule has 2 aromatic rings. The van der Waals surface area contributed by atoms with Crippen LogP contribution in [0.1, 0.15) is 12.5 Å². The minimum atomic E-state index is -0.957. The second-order valence-corrected chi connectivity index (χ2v) is 7.53. The number of fused-ring (bicyclic) bond motifs is 1. The number of benzene rings is 2. The molecule has 31 heavy (non-hydrogen) atoms. The topological polar surface area (TPSA) is 104 Å². The van der Waals surface area contributed by atoms with Gasteiger partial charge in [-0.05, 0) is 42.3 Å². The van der Waals surface area contributed by atoms with Gasteiger partial charge in [-0.2, -0.15) is 5.11 Å². The second-order valence-electron chi connectivity index (χ2n) is 7.12. The van der Waals surface area contributed by atoms with Gasteiger partial charge in [0.2, 0.25) is 5.91 Å². The van der Waals surface area contributed by atoms with Crippen LogP contribution in [-0.2, 0) is 20.8 Å². The molecule has 1 saturated heterocycles. The van der Waals surface area contributed by atoms with Crippen molar-refractivity contribution in [2.24, 2.45) is 10.3 Å². The molecule has 3 amide bonds. The Bertz CT molecular complexity index is 1070. The predicted molar refractivity (Wildman–Crippen MR) is 114 cm³/mol. The second kappa shape index (κ2) is 8.35. The summed E-state index contributed by atoms with van der Waals surface area (Å²) in [7, 11) is 1.50. The first-order valence-electron chi connectivity index (χ1n) is 9.70. The third kappa shape index (κ3) is 3.84. The fourth-order valence-corrected chi connectivity index (χ4v) is 3.84. The first-order chi connectivity index (χ1) is 14.9. The van der Waals surface area contributed by atoms with E-state index in [0.717, 1.165) is 16.9 Å². The molecule has 10 heteroatoms. The summed E-state index contributed by atoms with van der Waals surface area (Å²) in [6, 6.07) is 10.1. The highest BCUT2D eigenvalue weighted by Gasteiger charge is 2.55. The molecule has 160 valence electrons. The van der Waals surface area contributed by atoms with Crippen LogP contribution in [0.3, 0.4) is 0 Å². The van der Waals surface area contributed by atoms with Gasteiger partial charge in [-0.3, -0.25) is 19.4 Å². The van der Waals surface area contributed by atoms with Gasteiger partial charge >= 0.3 is 0 Å². The monoisotopic (exact) mass is 441 g/mol. The number of carbonyl (C=O) groups is 3. The highest BCUT2D eigenvalue weighted by atomic mass is 35.5. The summed E-state index contributed by atoms with van der Waals surface area (Å²) in [5.41, 5.74) is 2.05. The standard InChI is InChI=1S/C21H20ClN5O4/c1-3-12-4-7-14(8-5-12)27-20(29)18-19(21(27)30)26(25-24-18)11-17(28)23-13-6-9-16(31-2)15(22)10-13/h4-10,18-19H,3,11H2,1-2H3,(H,23,28)/t18-,19+/m1/s1. The van der Waals surface area contributed by atoms with E-state index in [1.165, 1.54) is 12.1 Å². The molecular weight excluding hydrogens is 422 g/mol. The molecule has 0 aromatic heterocycles. The highest BCUT2D eigenvalue weighted by molar-refractivity contribution is 6.32. The minimum Gasteiger partial charge on any atom is -0.495 e. The zero-order chi connectivity index (χ0) is 22.1.